The van der Waals surface area contributed by atoms with Gasteiger partial charge in [0.2, 0.25) is 0 Å². The number of guanidine groups is 1. The minimum absolute atomic E-state index is 0. The molecule has 0 aromatic carbocycles. The second-order valence-electron chi connectivity index (χ2n) is 7.19. The molecular weight excluding hydrogens is 495 g/mol. The van der Waals surface area contributed by atoms with E-state index in [0.29, 0.717) is 6.54 Å². The van der Waals surface area contributed by atoms with Crippen LogP contribution >= 0.6 is 35.3 Å². The van der Waals surface area contributed by atoms with E-state index >= 15 is 0 Å². The topological polar surface area (TPSA) is 65.4 Å². The van der Waals surface area contributed by atoms with Crippen molar-refractivity contribution in [2.24, 2.45) is 4.99 Å². The third kappa shape index (κ3) is 7.40. The van der Waals surface area contributed by atoms with E-state index < -0.39 is 0 Å². The van der Waals surface area contributed by atoms with Crippen molar-refractivity contribution < 1.29 is 0 Å². The zero-order valence-electron chi connectivity index (χ0n) is 17.7. The molecule has 0 saturated carbocycles. The highest BCUT2D eigenvalue weighted by molar-refractivity contribution is 14.0. The summed E-state index contributed by atoms with van der Waals surface area (Å²) < 4.78 is 0. The predicted octanol–water partition coefficient (Wildman–Crippen LogP) is 4.06. The predicted molar refractivity (Wildman–Crippen MR) is 134 cm³/mol. The first-order valence-corrected chi connectivity index (χ1v) is 11.1. The standard InChI is InChI=1S/C21H32N6S.HI/c1-4-22-21(24-11-9-20-26-16(2)17(3)28-20)25-15-18-8-10-23-19(14-18)27-12-6-5-7-13-27;/h8,10,14H,4-7,9,11-13,15H2,1-3H3,(H2,22,24,25);1H. The largest absolute Gasteiger partial charge is 0.357 e. The van der Waals surface area contributed by atoms with Gasteiger partial charge in [-0.1, -0.05) is 0 Å². The fraction of sp³-hybridized carbons (Fsp3) is 0.571. The first-order chi connectivity index (χ1) is 13.7. The fourth-order valence-corrected chi connectivity index (χ4v) is 4.23. The Kier molecular flexibility index (Phi) is 10.1. The number of aryl methyl sites for hydroxylation is 2. The molecule has 0 aliphatic carbocycles. The molecule has 0 amide bonds. The van der Waals surface area contributed by atoms with Crippen LogP contribution in [0.4, 0.5) is 5.82 Å². The van der Waals surface area contributed by atoms with Crippen LogP contribution in [0.15, 0.2) is 23.3 Å². The van der Waals surface area contributed by atoms with E-state index in [4.69, 9.17) is 4.99 Å². The van der Waals surface area contributed by atoms with Crippen LogP contribution in [0.25, 0.3) is 0 Å². The van der Waals surface area contributed by atoms with Gasteiger partial charge in [0.1, 0.15) is 5.82 Å². The van der Waals surface area contributed by atoms with Gasteiger partial charge in [0, 0.05) is 43.7 Å². The van der Waals surface area contributed by atoms with Crippen molar-refractivity contribution in [3.8, 4) is 0 Å². The zero-order chi connectivity index (χ0) is 19.8. The quantitative estimate of drug-likeness (QED) is 0.323. The summed E-state index contributed by atoms with van der Waals surface area (Å²) in [5, 5.41) is 7.93. The molecule has 6 nitrogen and oxygen atoms in total. The van der Waals surface area contributed by atoms with Crippen molar-refractivity contribution in [1.82, 2.24) is 20.6 Å². The minimum atomic E-state index is 0. The molecule has 0 spiro atoms. The molecule has 2 N–H and O–H groups in total. The molecule has 3 heterocycles. The molecule has 0 radical (unpaired) electrons. The summed E-state index contributed by atoms with van der Waals surface area (Å²) >= 11 is 1.78. The highest BCUT2D eigenvalue weighted by Gasteiger charge is 2.12. The third-order valence-electron chi connectivity index (χ3n) is 4.96. The highest BCUT2D eigenvalue weighted by atomic mass is 127. The van der Waals surface area contributed by atoms with E-state index in [1.807, 2.05) is 6.20 Å². The molecular formula is C21H33IN6S. The van der Waals surface area contributed by atoms with Crippen LogP contribution in [0.2, 0.25) is 0 Å². The van der Waals surface area contributed by atoms with Gasteiger partial charge in [-0.05, 0) is 57.7 Å². The van der Waals surface area contributed by atoms with Crippen molar-refractivity contribution in [3.05, 3.63) is 39.5 Å². The number of aliphatic imine (C=N–C) groups is 1. The molecule has 8 heteroatoms. The van der Waals surface area contributed by atoms with Gasteiger partial charge in [-0.25, -0.2) is 15.0 Å². The normalized spacial score (nSPS) is 14.4. The number of hydrogen-bond donors (Lipinski definition) is 2. The first kappa shape index (κ1) is 23.9. The Balaban J connectivity index is 0.00000300. The van der Waals surface area contributed by atoms with Crippen molar-refractivity contribution in [2.75, 3.05) is 31.1 Å². The Morgan fingerprint density at radius 1 is 1.21 bits per heavy atom. The maximum Gasteiger partial charge on any atom is 0.191 e. The molecule has 29 heavy (non-hydrogen) atoms. The molecule has 1 aliphatic rings. The monoisotopic (exact) mass is 528 g/mol. The second kappa shape index (κ2) is 12.3. The zero-order valence-corrected chi connectivity index (χ0v) is 20.8. The molecule has 2 aromatic rings. The average Bonchev–Trinajstić information content (AvgIpc) is 3.04. The molecule has 0 unspecified atom stereocenters. The Morgan fingerprint density at radius 2 is 2.00 bits per heavy atom. The third-order valence-corrected chi connectivity index (χ3v) is 6.09. The number of hydrogen-bond acceptors (Lipinski definition) is 5. The minimum Gasteiger partial charge on any atom is -0.357 e. The van der Waals surface area contributed by atoms with Crippen LogP contribution < -0.4 is 15.5 Å². The van der Waals surface area contributed by atoms with Crippen LogP contribution in [-0.4, -0.2) is 42.1 Å². The van der Waals surface area contributed by atoms with Gasteiger partial charge in [0.25, 0.3) is 0 Å². The lowest BCUT2D eigenvalue weighted by molar-refractivity contribution is 0.573. The van der Waals surface area contributed by atoms with E-state index in [0.717, 1.165) is 50.1 Å². The lowest BCUT2D eigenvalue weighted by atomic mass is 10.1. The van der Waals surface area contributed by atoms with Gasteiger partial charge < -0.3 is 15.5 Å². The number of aromatic nitrogens is 2. The number of halogens is 1. The van der Waals surface area contributed by atoms with Crippen molar-refractivity contribution in [1.29, 1.82) is 0 Å². The van der Waals surface area contributed by atoms with Crippen LogP contribution in [0.5, 0.6) is 0 Å². The number of pyridine rings is 1. The Hall–Kier alpha value is -1.42. The second-order valence-corrected chi connectivity index (χ2v) is 8.48. The summed E-state index contributed by atoms with van der Waals surface area (Å²) in [5.74, 6) is 1.93. The van der Waals surface area contributed by atoms with Gasteiger partial charge >= 0.3 is 0 Å². The Labute approximate surface area is 195 Å². The smallest absolute Gasteiger partial charge is 0.191 e. The van der Waals surface area contributed by atoms with Gasteiger partial charge in [-0.15, -0.1) is 35.3 Å². The number of thiazole rings is 1. The number of anilines is 1. The van der Waals surface area contributed by atoms with Gasteiger partial charge in [-0.2, -0.15) is 0 Å². The molecule has 160 valence electrons. The van der Waals surface area contributed by atoms with Crippen molar-refractivity contribution >= 4 is 47.1 Å². The fourth-order valence-electron chi connectivity index (χ4n) is 3.30. The maximum atomic E-state index is 4.76. The number of rotatable bonds is 7. The SMILES string of the molecule is CCNC(=NCc1ccnc(N2CCCCC2)c1)NCCc1nc(C)c(C)s1.I. The molecule has 1 fully saturated rings. The van der Waals surface area contributed by atoms with Gasteiger partial charge in [0.15, 0.2) is 5.96 Å². The van der Waals surface area contributed by atoms with E-state index in [-0.39, 0.29) is 24.0 Å². The summed E-state index contributed by atoms with van der Waals surface area (Å²) in [6.07, 6.45) is 6.67. The molecule has 1 saturated heterocycles. The average molecular weight is 529 g/mol. The lowest BCUT2D eigenvalue weighted by Gasteiger charge is -2.27. The maximum absolute atomic E-state index is 4.76. The molecule has 0 bridgehead atoms. The molecule has 3 rings (SSSR count). The van der Waals surface area contributed by atoms with Gasteiger partial charge in [0.05, 0.1) is 17.2 Å². The van der Waals surface area contributed by atoms with Gasteiger partial charge in [-0.3, -0.25) is 0 Å². The van der Waals surface area contributed by atoms with E-state index in [9.17, 15) is 0 Å². The number of nitrogens with zero attached hydrogens (tertiary/aromatic N) is 4. The van der Waals surface area contributed by atoms with Crippen LogP contribution in [0, 0.1) is 13.8 Å². The van der Waals surface area contributed by atoms with Crippen molar-refractivity contribution in [2.45, 2.75) is 53.0 Å². The summed E-state index contributed by atoms with van der Waals surface area (Å²) in [6.45, 7) is 10.8. The van der Waals surface area contributed by atoms with Crippen LogP contribution in [0.3, 0.4) is 0 Å². The van der Waals surface area contributed by atoms with E-state index in [1.54, 1.807) is 11.3 Å². The Morgan fingerprint density at radius 3 is 2.69 bits per heavy atom. The van der Waals surface area contributed by atoms with Crippen LogP contribution in [0.1, 0.15) is 47.3 Å². The lowest BCUT2D eigenvalue weighted by Crippen LogP contribution is -2.38. The molecule has 0 atom stereocenters. The Bertz CT molecular complexity index is 766. The van der Waals surface area contributed by atoms with E-state index in [1.165, 1.54) is 34.7 Å². The number of piperidine rings is 1. The first-order valence-electron chi connectivity index (χ1n) is 10.3. The van der Waals surface area contributed by atoms with Crippen molar-refractivity contribution in [3.63, 3.8) is 0 Å². The van der Waals surface area contributed by atoms with Crippen LogP contribution in [-0.2, 0) is 13.0 Å². The highest BCUT2D eigenvalue weighted by Crippen LogP contribution is 2.19. The number of nitrogens with one attached hydrogen (secondary N) is 2. The summed E-state index contributed by atoms with van der Waals surface area (Å²) in [5.41, 5.74) is 2.33. The summed E-state index contributed by atoms with van der Waals surface area (Å²) in [6, 6.07) is 4.24. The molecule has 1 aliphatic heterocycles. The molecule has 2 aromatic heterocycles. The summed E-state index contributed by atoms with van der Waals surface area (Å²) in [4.78, 5) is 17.6. The van der Waals surface area contributed by atoms with E-state index in [2.05, 4.69) is 58.4 Å². The summed E-state index contributed by atoms with van der Waals surface area (Å²) in [7, 11) is 0.